The molecule has 1 fully saturated rings. The molecule has 1 N–H and O–H groups in total. The van der Waals surface area contributed by atoms with Crippen LogP contribution in [-0.4, -0.2) is 54.0 Å². The molecule has 0 bridgehead atoms. The molecule has 2 aromatic carbocycles. The number of nitrogens with zero attached hydrogens (tertiary/aromatic N) is 3. The van der Waals surface area contributed by atoms with Gasteiger partial charge in [0.25, 0.3) is 0 Å². The zero-order valence-corrected chi connectivity index (χ0v) is 19.5. The Morgan fingerprint density at radius 1 is 1.09 bits per heavy atom. The average Bonchev–Trinajstić information content (AvgIpc) is 3.32. The van der Waals surface area contributed by atoms with Crippen molar-refractivity contribution in [2.45, 2.75) is 26.3 Å². The van der Waals surface area contributed by atoms with Crippen LogP contribution in [0.15, 0.2) is 47.0 Å². The second kappa shape index (κ2) is 10.5. The van der Waals surface area contributed by atoms with Crippen LogP contribution >= 0.6 is 0 Å². The molecule has 1 aromatic heterocycles. The van der Waals surface area contributed by atoms with E-state index in [9.17, 15) is 9.59 Å². The number of anilines is 1. The Labute approximate surface area is 198 Å². The first-order chi connectivity index (χ1) is 16.5. The number of hydrogen-bond acceptors (Lipinski definition) is 8. The lowest BCUT2D eigenvalue weighted by atomic mass is 9.95. The first kappa shape index (κ1) is 23.4. The number of carbonyl (C=O) groups excluding carboxylic acids is 2. The lowest BCUT2D eigenvalue weighted by Crippen LogP contribution is -2.37. The number of aromatic nitrogens is 2. The Hall–Kier alpha value is -3.72. The maximum Gasteiger partial charge on any atom is 0.241 e. The van der Waals surface area contributed by atoms with Crippen LogP contribution in [0.5, 0.6) is 11.5 Å². The van der Waals surface area contributed by atoms with Gasteiger partial charge in [0.1, 0.15) is 0 Å². The van der Waals surface area contributed by atoms with Crippen LogP contribution < -0.4 is 14.8 Å². The molecule has 9 nitrogen and oxygen atoms in total. The van der Waals surface area contributed by atoms with Gasteiger partial charge in [-0.1, -0.05) is 17.3 Å². The SMILES string of the molecule is COc1ccc(-c2noc(CN3CCC(C(=O)Nc4cccc(C(C)=O)c4)CC3)n2)cc1OC. The van der Waals surface area contributed by atoms with Crippen molar-refractivity contribution in [2.24, 2.45) is 5.92 Å². The normalized spacial score (nSPS) is 14.6. The maximum absolute atomic E-state index is 12.7. The summed E-state index contributed by atoms with van der Waals surface area (Å²) in [4.78, 5) is 31.0. The van der Waals surface area contributed by atoms with Crippen LogP contribution in [0, 0.1) is 5.92 Å². The molecular formula is C25H28N4O5. The highest BCUT2D eigenvalue weighted by molar-refractivity contribution is 5.97. The van der Waals surface area contributed by atoms with E-state index in [1.54, 1.807) is 44.6 Å². The largest absolute Gasteiger partial charge is 0.493 e. The van der Waals surface area contributed by atoms with Gasteiger partial charge in [-0.15, -0.1) is 0 Å². The molecule has 0 saturated carbocycles. The fourth-order valence-corrected chi connectivity index (χ4v) is 4.02. The van der Waals surface area contributed by atoms with E-state index >= 15 is 0 Å². The summed E-state index contributed by atoms with van der Waals surface area (Å²) < 4.78 is 16.1. The fourth-order valence-electron chi connectivity index (χ4n) is 4.02. The molecule has 0 unspecified atom stereocenters. The van der Waals surface area contributed by atoms with Gasteiger partial charge in [-0.25, -0.2) is 0 Å². The van der Waals surface area contributed by atoms with Crippen LogP contribution in [0.4, 0.5) is 5.69 Å². The highest BCUT2D eigenvalue weighted by Crippen LogP contribution is 2.31. The predicted octanol–water partition coefficient (Wildman–Crippen LogP) is 3.81. The minimum Gasteiger partial charge on any atom is -0.493 e. The van der Waals surface area contributed by atoms with E-state index in [0.717, 1.165) is 31.5 Å². The number of ether oxygens (including phenoxy) is 2. The number of ketones is 1. The molecule has 34 heavy (non-hydrogen) atoms. The molecule has 0 aliphatic carbocycles. The quantitative estimate of drug-likeness (QED) is 0.502. The van der Waals surface area contributed by atoms with Crippen molar-refractivity contribution in [3.8, 4) is 22.9 Å². The Morgan fingerprint density at radius 3 is 2.56 bits per heavy atom. The first-order valence-corrected chi connectivity index (χ1v) is 11.2. The number of carbonyl (C=O) groups is 2. The third-order valence-electron chi connectivity index (χ3n) is 5.96. The number of nitrogens with one attached hydrogen (secondary N) is 1. The van der Waals surface area contributed by atoms with E-state index in [2.05, 4.69) is 20.4 Å². The average molecular weight is 465 g/mol. The Kier molecular flexibility index (Phi) is 7.22. The third-order valence-corrected chi connectivity index (χ3v) is 5.96. The molecule has 1 saturated heterocycles. The molecule has 0 spiro atoms. The van der Waals surface area contributed by atoms with Gasteiger partial charge in [0.15, 0.2) is 17.3 Å². The molecule has 178 valence electrons. The van der Waals surface area contributed by atoms with Gasteiger partial charge in [0.05, 0.1) is 20.8 Å². The lowest BCUT2D eigenvalue weighted by molar-refractivity contribution is -0.121. The summed E-state index contributed by atoms with van der Waals surface area (Å²) >= 11 is 0. The zero-order chi connectivity index (χ0) is 24.1. The van der Waals surface area contributed by atoms with Crippen LogP contribution in [-0.2, 0) is 11.3 Å². The molecule has 3 aromatic rings. The van der Waals surface area contributed by atoms with E-state index in [1.807, 2.05) is 12.1 Å². The number of methoxy groups -OCH3 is 2. The van der Waals surface area contributed by atoms with Crippen LogP contribution in [0.1, 0.15) is 36.0 Å². The number of hydrogen-bond donors (Lipinski definition) is 1. The molecule has 1 aliphatic rings. The number of rotatable bonds is 8. The van der Waals surface area contributed by atoms with Gasteiger partial charge < -0.3 is 19.3 Å². The zero-order valence-electron chi connectivity index (χ0n) is 19.5. The van der Waals surface area contributed by atoms with Crippen molar-refractivity contribution in [3.05, 3.63) is 53.9 Å². The fraction of sp³-hybridized carbons (Fsp3) is 0.360. The van der Waals surface area contributed by atoms with Crippen molar-refractivity contribution >= 4 is 17.4 Å². The van der Waals surface area contributed by atoms with E-state index in [-0.39, 0.29) is 17.6 Å². The van der Waals surface area contributed by atoms with E-state index in [4.69, 9.17) is 14.0 Å². The second-order valence-electron chi connectivity index (χ2n) is 8.26. The Balaban J connectivity index is 1.31. The molecule has 0 atom stereocenters. The van der Waals surface area contributed by atoms with Crippen molar-refractivity contribution in [1.82, 2.24) is 15.0 Å². The number of benzene rings is 2. The van der Waals surface area contributed by atoms with Gasteiger partial charge >= 0.3 is 0 Å². The van der Waals surface area contributed by atoms with Gasteiger partial charge in [0.2, 0.25) is 17.6 Å². The Bertz CT molecular complexity index is 1170. The molecule has 2 heterocycles. The summed E-state index contributed by atoms with van der Waals surface area (Å²) in [5, 5.41) is 7.04. The minimum atomic E-state index is -0.0813. The molecular weight excluding hydrogens is 436 g/mol. The number of likely N-dealkylation sites (tertiary alicyclic amines) is 1. The van der Waals surface area contributed by atoms with Crippen molar-refractivity contribution in [2.75, 3.05) is 32.6 Å². The summed E-state index contributed by atoms with van der Waals surface area (Å²) in [6, 6.07) is 12.5. The van der Waals surface area contributed by atoms with Crippen LogP contribution in [0.2, 0.25) is 0 Å². The predicted molar refractivity (Wildman–Crippen MR) is 126 cm³/mol. The van der Waals surface area contributed by atoms with Gasteiger partial charge in [-0.05, 0) is 63.2 Å². The van der Waals surface area contributed by atoms with E-state index in [0.29, 0.717) is 41.0 Å². The molecule has 1 aliphatic heterocycles. The van der Waals surface area contributed by atoms with Crippen LogP contribution in [0.3, 0.4) is 0 Å². The Morgan fingerprint density at radius 2 is 1.85 bits per heavy atom. The number of Topliss-reactive ketones (excluding diaryl/α,β-unsaturated/α-hetero) is 1. The van der Waals surface area contributed by atoms with Gasteiger partial charge in [-0.3, -0.25) is 14.5 Å². The van der Waals surface area contributed by atoms with E-state index < -0.39 is 0 Å². The van der Waals surface area contributed by atoms with Crippen molar-refractivity contribution < 1.29 is 23.6 Å². The summed E-state index contributed by atoms with van der Waals surface area (Å²) in [6.45, 7) is 3.53. The monoisotopic (exact) mass is 464 g/mol. The third kappa shape index (κ3) is 5.43. The minimum absolute atomic E-state index is 0.0196. The molecule has 0 radical (unpaired) electrons. The maximum atomic E-state index is 12.7. The lowest BCUT2D eigenvalue weighted by Gasteiger charge is -2.30. The van der Waals surface area contributed by atoms with Crippen molar-refractivity contribution in [1.29, 1.82) is 0 Å². The smallest absolute Gasteiger partial charge is 0.241 e. The number of piperidine rings is 1. The van der Waals surface area contributed by atoms with Gasteiger partial charge in [0, 0.05) is 22.7 Å². The summed E-state index contributed by atoms with van der Waals surface area (Å²) in [6.07, 6.45) is 1.46. The van der Waals surface area contributed by atoms with Gasteiger partial charge in [-0.2, -0.15) is 4.98 Å². The standard InChI is InChI=1S/C25H28N4O5/c1-16(30)18-5-4-6-20(13-18)26-25(31)17-9-11-29(12-10-17)15-23-27-24(28-34-23)19-7-8-21(32-2)22(14-19)33-3/h4-8,13-14,17H,9-12,15H2,1-3H3,(H,26,31). The van der Waals surface area contributed by atoms with Crippen molar-refractivity contribution in [3.63, 3.8) is 0 Å². The second-order valence-corrected chi connectivity index (χ2v) is 8.26. The summed E-state index contributed by atoms with van der Waals surface area (Å²) in [5.41, 5.74) is 2.00. The highest BCUT2D eigenvalue weighted by atomic mass is 16.5. The first-order valence-electron chi connectivity index (χ1n) is 11.2. The highest BCUT2D eigenvalue weighted by Gasteiger charge is 2.26. The summed E-state index contributed by atoms with van der Waals surface area (Å²) in [7, 11) is 3.17. The molecule has 4 rings (SSSR count). The molecule has 9 heteroatoms. The van der Waals surface area contributed by atoms with Crippen LogP contribution in [0.25, 0.3) is 11.4 Å². The number of amides is 1. The van der Waals surface area contributed by atoms with E-state index in [1.165, 1.54) is 6.92 Å². The topological polar surface area (TPSA) is 107 Å². The molecule has 1 amide bonds. The summed E-state index contributed by atoms with van der Waals surface area (Å²) in [5.74, 6) is 2.11.